The predicted octanol–water partition coefficient (Wildman–Crippen LogP) is 1.79. The van der Waals surface area contributed by atoms with Crippen molar-refractivity contribution in [3.8, 4) is 0 Å². The van der Waals surface area contributed by atoms with E-state index in [0.717, 1.165) is 18.5 Å². The fourth-order valence-electron chi connectivity index (χ4n) is 2.43. The molecule has 0 spiro atoms. The molecule has 0 aliphatic carbocycles. The van der Waals surface area contributed by atoms with Crippen molar-refractivity contribution in [1.82, 2.24) is 0 Å². The minimum Gasteiger partial charge on any atom is -0.378 e. The molecule has 1 aliphatic heterocycles. The highest BCUT2D eigenvalue weighted by molar-refractivity contribution is 5.95. The number of amides is 1. The molecule has 2 unspecified atom stereocenters. The van der Waals surface area contributed by atoms with Crippen LogP contribution in [0.15, 0.2) is 30.3 Å². The first-order valence-corrected chi connectivity index (χ1v) is 6.90. The molecule has 19 heavy (non-hydrogen) atoms. The topological polar surface area (TPSA) is 55.6 Å². The SMILES string of the molecule is CC1CC(C(=O)N(CCCN)c2ccccc2)CO1. The van der Waals surface area contributed by atoms with Crippen molar-refractivity contribution in [3.63, 3.8) is 0 Å². The summed E-state index contributed by atoms with van der Waals surface area (Å²) in [6.45, 7) is 3.81. The Morgan fingerprint density at radius 2 is 2.16 bits per heavy atom. The van der Waals surface area contributed by atoms with Gasteiger partial charge in [-0.3, -0.25) is 4.79 Å². The molecule has 2 rings (SSSR count). The number of hydrogen-bond donors (Lipinski definition) is 1. The number of carbonyl (C=O) groups excluding carboxylic acids is 1. The number of carbonyl (C=O) groups is 1. The van der Waals surface area contributed by atoms with Crippen molar-refractivity contribution in [2.45, 2.75) is 25.9 Å². The van der Waals surface area contributed by atoms with Gasteiger partial charge in [-0.2, -0.15) is 0 Å². The van der Waals surface area contributed by atoms with Gasteiger partial charge in [-0.05, 0) is 38.4 Å². The van der Waals surface area contributed by atoms with E-state index in [0.29, 0.717) is 19.7 Å². The number of hydrogen-bond acceptors (Lipinski definition) is 3. The lowest BCUT2D eigenvalue weighted by molar-refractivity contribution is -0.122. The lowest BCUT2D eigenvalue weighted by atomic mass is 10.0. The van der Waals surface area contributed by atoms with E-state index in [2.05, 4.69) is 0 Å². The summed E-state index contributed by atoms with van der Waals surface area (Å²) in [5.41, 5.74) is 6.51. The zero-order chi connectivity index (χ0) is 13.7. The smallest absolute Gasteiger partial charge is 0.232 e. The van der Waals surface area contributed by atoms with Gasteiger partial charge in [0.2, 0.25) is 5.91 Å². The monoisotopic (exact) mass is 262 g/mol. The molecule has 1 aromatic carbocycles. The molecule has 0 radical (unpaired) electrons. The van der Waals surface area contributed by atoms with Crippen molar-refractivity contribution < 1.29 is 9.53 Å². The van der Waals surface area contributed by atoms with Crippen LogP contribution in [0.2, 0.25) is 0 Å². The Bertz CT molecular complexity index is 408. The average Bonchev–Trinajstić information content (AvgIpc) is 2.87. The highest BCUT2D eigenvalue weighted by atomic mass is 16.5. The molecule has 0 aromatic heterocycles. The number of ether oxygens (including phenoxy) is 1. The maximum atomic E-state index is 12.6. The quantitative estimate of drug-likeness (QED) is 0.880. The van der Waals surface area contributed by atoms with Crippen LogP contribution in [0.4, 0.5) is 5.69 Å². The molecule has 2 N–H and O–H groups in total. The van der Waals surface area contributed by atoms with Gasteiger partial charge in [-0.15, -0.1) is 0 Å². The van der Waals surface area contributed by atoms with Crippen LogP contribution < -0.4 is 10.6 Å². The van der Waals surface area contributed by atoms with Gasteiger partial charge in [0, 0.05) is 12.2 Å². The van der Waals surface area contributed by atoms with Crippen LogP contribution in [-0.4, -0.2) is 31.7 Å². The summed E-state index contributed by atoms with van der Waals surface area (Å²) in [6, 6.07) is 9.79. The standard InChI is InChI=1S/C15H22N2O2/c1-12-10-13(11-19-12)15(18)17(9-5-8-16)14-6-3-2-4-7-14/h2-4,6-7,12-13H,5,8-11,16H2,1H3. The van der Waals surface area contributed by atoms with Crippen molar-refractivity contribution in [2.24, 2.45) is 11.7 Å². The van der Waals surface area contributed by atoms with E-state index in [1.165, 1.54) is 0 Å². The van der Waals surface area contributed by atoms with Gasteiger partial charge in [-0.25, -0.2) is 0 Å². The van der Waals surface area contributed by atoms with Gasteiger partial charge in [0.05, 0.1) is 18.6 Å². The Hall–Kier alpha value is -1.39. The van der Waals surface area contributed by atoms with Crippen LogP contribution >= 0.6 is 0 Å². The molecule has 2 atom stereocenters. The molecule has 0 bridgehead atoms. The molecule has 1 aliphatic rings. The molecule has 0 saturated carbocycles. The number of para-hydroxylation sites is 1. The third-order valence-corrected chi connectivity index (χ3v) is 3.47. The molecular formula is C15H22N2O2. The van der Waals surface area contributed by atoms with Crippen LogP contribution in [0, 0.1) is 5.92 Å². The van der Waals surface area contributed by atoms with Crippen molar-refractivity contribution in [1.29, 1.82) is 0 Å². The molecule has 1 heterocycles. The molecule has 1 fully saturated rings. The molecule has 4 heteroatoms. The second-order valence-corrected chi connectivity index (χ2v) is 5.04. The molecular weight excluding hydrogens is 240 g/mol. The summed E-state index contributed by atoms with van der Waals surface area (Å²) < 4.78 is 5.50. The average molecular weight is 262 g/mol. The highest BCUT2D eigenvalue weighted by Crippen LogP contribution is 2.24. The minimum atomic E-state index is -0.0204. The van der Waals surface area contributed by atoms with E-state index in [1.807, 2.05) is 42.2 Å². The molecule has 4 nitrogen and oxygen atoms in total. The van der Waals surface area contributed by atoms with Crippen LogP contribution in [0.1, 0.15) is 19.8 Å². The Morgan fingerprint density at radius 1 is 1.42 bits per heavy atom. The number of benzene rings is 1. The normalized spacial score (nSPS) is 22.4. The first-order chi connectivity index (χ1) is 9.22. The maximum Gasteiger partial charge on any atom is 0.232 e. The Balaban J connectivity index is 2.11. The molecule has 1 saturated heterocycles. The molecule has 104 valence electrons. The van der Waals surface area contributed by atoms with Crippen LogP contribution in [0.3, 0.4) is 0 Å². The first kappa shape index (κ1) is 14.0. The van der Waals surface area contributed by atoms with Gasteiger partial charge in [0.25, 0.3) is 0 Å². The largest absolute Gasteiger partial charge is 0.378 e. The second-order valence-electron chi connectivity index (χ2n) is 5.04. The number of nitrogens with two attached hydrogens (primary N) is 1. The van der Waals surface area contributed by atoms with Crippen LogP contribution in [-0.2, 0) is 9.53 Å². The van der Waals surface area contributed by atoms with E-state index in [4.69, 9.17) is 10.5 Å². The van der Waals surface area contributed by atoms with Crippen molar-refractivity contribution in [3.05, 3.63) is 30.3 Å². The number of rotatable bonds is 5. The zero-order valence-electron chi connectivity index (χ0n) is 11.4. The summed E-state index contributed by atoms with van der Waals surface area (Å²) in [5.74, 6) is 0.136. The van der Waals surface area contributed by atoms with Crippen molar-refractivity contribution in [2.75, 3.05) is 24.6 Å². The van der Waals surface area contributed by atoms with Gasteiger partial charge in [-0.1, -0.05) is 18.2 Å². The first-order valence-electron chi connectivity index (χ1n) is 6.90. The maximum absolute atomic E-state index is 12.6. The molecule has 1 amide bonds. The third kappa shape index (κ3) is 3.55. The zero-order valence-corrected chi connectivity index (χ0v) is 11.4. The van der Waals surface area contributed by atoms with Gasteiger partial charge in [0.15, 0.2) is 0 Å². The summed E-state index contributed by atoms with van der Waals surface area (Å²) in [4.78, 5) is 14.4. The summed E-state index contributed by atoms with van der Waals surface area (Å²) >= 11 is 0. The summed E-state index contributed by atoms with van der Waals surface area (Å²) in [5, 5.41) is 0. The fourth-order valence-corrected chi connectivity index (χ4v) is 2.43. The fraction of sp³-hybridized carbons (Fsp3) is 0.533. The second kappa shape index (κ2) is 6.68. The summed E-state index contributed by atoms with van der Waals surface area (Å²) in [6.07, 6.45) is 1.80. The van der Waals surface area contributed by atoms with Crippen molar-refractivity contribution >= 4 is 11.6 Å². The lowest BCUT2D eigenvalue weighted by Crippen LogP contribution is -2.38. The Morgan fingerprint density at radius 3 is 2.74 bits per heavy atom. The predicted molar refractivity (Wildman–Crippen MR) is 76.0 cm³/mol. The minimum absolute atomic E-state index is 0.0204. The van der Waals surface area contributed by atoms with E-state index < -0.39 is 0 Å². The lowest BCUT2D eigenvalue weighted by Gasteiger charge is -2.25. The van der Waals surface area contributed by atoms with E-state index >= 15 is 0 Å². The summed E-state index contributed by atoms with van der Waals surface area (Å²) in [7, 11) is 0. The van der Waals surface area contributed by atoms with Crippen LogP contribution in [0.5, 0.6) is 0 Å². The van der Waals surface area contributed by atoms with Gasteiger partial charge < -0.3 is 15.4 Å². The molecule has 1 aromatic rings. The highest BCUT2D eigenvalue weighted by Gasteiger charge is 2.31. The number of nitrogens with zero attached hydrogens (tertiary/aromatic N) is 1. The van der Waals surface area contributed by atoms with Gasteiger partial charge >= 0.3 is 0 Å². The Labute approximate surface area is 114 Å². The van der Waals surface area contributed by atoms with Gasteiger partial charge in [0.1, 0.15) is 0 Å². The Kier molecular flexibility index (Phi) is 4.93. The number of anilines is 1. The van der Waals surface area contributed by atoms with E-state index in [-0.39, 0.29) is 17.9 Å². The van der Waals surface area contributed by atoms with E-state index in [9.17, 15) is 4.79 Å². The van der Waals surface area contributed by atoms with E-state index in [1.54, 1.807) is 0 Å². The van der Waals surface area contributed by atoms with Crippen LogP contribution in [0.25, 0.3) is 0 Å². The third-order valence-electron chi connectivity index (χ3n) is 3.47.